The maximum Gasteiger partial charge on any atom is 0.326 e. The average Bonchev–Trinajstić information content (AvgIpc) is 2.38. The number of benzene rings is 1. The number of rotatable bonds is 6. The molecule has 1 atom stereocenters. The van der Waals surface area contributed by atoms with E-state index in [-0.39, 0.29) is 0 Å². The van der Waals surface area contributed by atoms with Gasteiger partial charge in [-0.3, -0.25) is 0 Å². The molecule has 0 aliphatic carbocycles. The van der Waals surface area contributed by atoms with Crippen LogP contribution in [0, 0.1) is 0 Å². The molecule has 5 nitrogen and oxygen atoms in total. The fraction of sp³-hybridized carbons (Fsp3) is 0.385. The summed E-state index contributed by atoms with van der Waals surface area (Å²) in [5, 5.41) is 14.4. The smallest absolute Gasteiger partial charge is 0.326 e. The quantitative estimate of drug-likeness (QED) is 0.718. The Kier molecular flexibility index (Phi) is 6.81. The van der Waals surface area contributed by atoms with Crippen LogP contribution in [-0.2, 0) is 4.79 Å². The Morgan fingerprint density at radius 3 is 2.75 bits per heavy atom. The zero-order valence-electron chi connectivity index (χ0n) is 11.0. The van der Waals surface area contributed by atoms with Gasteiger partial charge in [0.15, 0.2) is 0 Å². The summed E-state index contributed by atoms with van der Waals surface area (Å²) in [5.74, 6) is -1.05. The third-order valence-electron chi connectivity index (χ3n) is 2.63. The summed E-state index contributed by atoms with van der Waals surface area (Å²) in [6.45, 7) is 1.96. The van der Waals surface area contributed by atoms with Crippen molar-refractivity contribution in [3.05, 3.63) is 27.7 Å². The molecule has 3 N–H and O–H groups in total. The van der Waals surface area contributed by atoms with Crippen molar-refractivity contribution >= 4 is 45.2 Å². The summed E-state index contributed by atoms with van der Waals surface area (Å²) in [4.78, 5) is 22.8. The van der Waals surface area contributed by atoms with E-state index in [9.17, 15) is 9.59 Å². The van der Waals surface area contributed by atoms with Gasteiger partial charge in [0.1, 0.15) is 6.04 Å². The highest BCUT2D eigenvalue weighted by molar-refractivity contribution is 9.10. The molecule has 1 aromatic rings. The number of carboxylic acid groups (broad SMARTS) is 1. The first-order valence-electron chi connectivity index (χ1n) is 6.19. The average molecular weight is 364 g/mol. The molecule has 0 radical (unpaired) electrons. The SMILES string of the molecule is CCCCC(NC(=O)Nc1cc(Br)ccc1Cl)C(=O)O. The Balaban J connectivity index is 2.65. The normalized spacial score (nSPS) is 11.8. The highest BCUT2D eigenvalue weighted by Gasteiger charge is 2.19. The Morgan fingerprint density at radius 1 is 1.45 bits per heavy atom. The molecule has 0 heterocycles. The summed E-state index contributed by atoms with van der Waals surface area (Å²) in [5.41, 5.74) is 0.415. The highest BCUT2D eigenvalue weighted by atomic mass is 79.9. The molecule has 20 heavy (non-hydrogen) atoms. The van der Waals surface area contributed by atoms with Crippen molar-refractivity contribution in [2.24, 2.45) is 0 Å². The number of urea groups is 1. The Labute approximate surface area is 130 Å². The van der Waals surface area contributed by atoms with Crippen LogP contribution in [0.4, 0.5) is 10.5 Å². The van der Waals surface area contributed by atoms with Crippen molar-refractivity contribution in [3.63, 3.8) is 0 Å². The lowest BCUT2D eigenvalue weighted by molar-refractivity contribution is -0.139. The van der Waals surface area contributed by atoms with Crippen LogP contribution < -0.4 is 10.6 Å². The van der Waals surface area contributed by atoms with Crippen molar-refractivity contribution in [3.8, 4) is 0 Å². The van der Waals surface area contributed by atoms with Gasteiger partial charge in [0.25, 0.3) is 0 Å². The molecule has 0 aliphatic rings. The van der Waals surface area contributed by atoms with Crippen LogP contribution in [0.15, 0.2) is 22.7 Å². The number of carbonyl (C=O) groups excluding carboxylic acids is 1. The molecular weight excluding hydrogens is 348 g/mol. The van der Waals surface area contributed by atoms with Gasteiger partial charge in [0.2, 0.25) is 0 Å². The predicted molar refractivity (Wildman–Crippen MR) is 82.3 cm³/mol. The van der Waals surface area contributed by atoms with Gasteiger partial charge in [-0.25, -0.2) is 9.59 Å². The maximum absolute atomic E-state index is 11.8. The Hall–Kier alpha value is -1.27. The van der Waals surface area contributed by atoms with Gasteiger partial charge in [0, 0.05) is 4.47 Å². The molecular formula is C13H16BrClN2O3. The van der Waals surface area contributed by atoms with Crippen molar-refractivity contribution in [1.82, 2.24) is 5.32 Å². The standard InChI is InChI=1S/C13H16BrClN2O3/c1-2-3-4-10(12(18)19)16-13(20)17-11-7-8(14)5-6-9(11)15/h5-7,10H,2-4H2,1H3,(H,18,19)(H2,16,17,20). The minimum atomic E-state index is -1.05. The van der Waals surface area contributed by atoms with Gasteiger partial charge in [-0.1, -0.05) is 47.3 Å². The van der Waals surface area contributed by atoms with Crippen LogP contribution >= 0.6 is 27.5 Å². The van der Waals surface area contributed by atoms with E-state index in [1.807, 2.05) is 6.92 Å². The molecule has 2 amide bonds. The van der Waals surface area contributed by atoms with Crippen LogP contribution in [0.2, 0.25) is 5.02 Å². The Morgan fingerprint density at radius 2 is 2.15 bits per heavy atom. The fourth-order valence-electron chi connectivity index (χ4n) is 1.58. The minimum Gasteiger partial charge on any atom is -0.480 e. The molecule has 0 spiro atoms. The number of amides is 2. The Bertz CT molecular complexity index is 497. The van der Waals surface area contributed by atoms with Crippen molar-refractivity contribution in [1.29, 1.82) is 0 Å². The molecule has 110 valence electrons. The third kappa shape index (κ3) is 5.38. The van der Waals surface area contributed by atoms with E-state index >= 15 is 0 Å². The maximum atomic E-state index is 11.8. The van der Waals surface area contributed by atoms with Gasteiger partial charge in [-0.15, -0.1) is 0 Å². The summed E-state index contributed by atoms with van der Waals surface area (Å²) in [7, 11) is 0. The van der Waals surface area contributed by atoms with E-state index < -0.39 is 18.0 Å². The molecule has 0 saturated heterocycles. The number of carbonyl (C=O) groups is 2. The highest BCUT2D eigenvalue weighted by Crippen LogP contribution is 2.25. The first-order chi connectivity index (χ1) is 9.43. The number of unbranched alkanes of at least 4 members (excludes halogenated alkanes) is 1. The van der Waals surface area contributed by atoms with Crippen molar-refractivity contribution in [2.45, 2.75) is 32.2 Å². The second-order valence-corrected chi connectivity index (χ2v) is 5.58. The number of aliphatic carboxylic acids is 1. The van der Waals surface area contributed by atoms with Crippen molar-refractivity contribution < 1.29 is 14.7 Å². The molecule has 1 rings (SSSR count). The topological polar surface area (TPSA) is 78.4 Å². The lowest BCUT2D eigenvalue weighted by Crippen LogP contribution is -2.43. The lowest BCUT2D eigenvalue weighted by Gasteiger charge is -2.15. The predicted octanol–water partition coefficient (Wildman–Crippen LogP) is 3.87. The third-order valence-corrected chi connectivity index (χ3v) is 3.45. The van der Waals surface area contributed by atoms with Crippen LogP contribution in [0.1, 0.15) is 26.2 Å². The lowest BCUT2D eigenvalue weighted by atomic mass is 10.1. The summed E-state index contributed by atoms with van der Waals surface area (Å²) < 4.78 is 0.762. The number of carboxylic acids is 1. The van der Waals surface area contributed by atoms with Crippen LogP contribution in [-0.4, -0.2) is 23.1 Å². The molecule has 0 bridgehead atoms. The van der Waals surface area contributed by atoms with Gasteiger partial charge in [0.05, 0.1) is 10.7 Å². The summed E-state index contributed by atoms with van der Waals surface area (Å²) in [6, 6.07) is 3.53. The van der Waals surface area contributed by atoms with Crippen LogP contribution in [0.5, 0.6) is 0 Å². The number of anilines is 1. The van der Waals surface area contributed by atoms with E-state index in [1.54, 1.807) is 18.2 Å². The minimum absolute atomic E-state index is 0.379. The van der Waals surface area contributed by atoms with Crippen LogP contribution in [0.3, 0.4) is 0 Å². The number of hydrogen-bond donors (Lipinski definition) is 3. The van der Waals surface area contributed by atoms with Gasteiger partial charge < -0.3 is 15.7 Å². The first kappa shape index (κ1) is 16.8. The zero-order valence-corrected chi connectivity index (χ0v) is 13.3. The number of hydrogen-bond acceptors (Lipinski definition) is 2. The van der Waals surface area contributed by atoms with E-state index in [1.165, 1.54) is 0 Å². The van der Waals surface area contributed by atoms with E-state index in [4.69, 9.17) is 16.7 Å². The van der Waals surface area contributed by atoms with Gasteiger partial charge in [-0.05, 0) is 24.6 Å². The van der Waals surface area contributed by atoms with E-state index in [0.717, 1.165) is 17.3 Å². The van der Waals surface area contributed by atoms with Crippen molar-refractivity contribution in [2.75, 3.05) is 5.32 Å². The number of nitrogens with one attached hydrogen (secondary N) is 2. The molecule has 0 aromatic heterocycles. The molecule has 0 aliphatic heterocycles. The van der Waals surface area contributed by atoms with E-state index in [0.29, 0.717) is 17.1 Å². The second kappa shape index (κ2) is 8.11. The monoisotopic (exact) mass is 362 g/mol. The number of halogens is 2. The fourth-order valence-corrected chi connectivity index (χ4v) is 2.10. The second-order valence-electron chi connectivity index (χ2n) is 4.26. The zero-order chi connectivity index (χ0) is 15.1. The molecule has 1 aromatic carbocycles. The molecule has 0 saturated carbocycles. The summed E-state index contributed by atoms with van der Waals surface area (Å²) in [6.07, 6.45) is 1.99. The molecule has 7 heteroatoms. The molecule has 0 fully saturated rings. The van der Waals surface area contributed by atoms with Crippen LogP contribution in [0.25, 0.3) is 0 Å². The van der Waals surface area contributed by atoms with Gasteiger partial charge >= 0.3 is 12.0 Å². The summed E-state index contributed by atoms with van der Waals surface area (Å²) >= 11 is 9.21. The first-order valence-corrected chi connectivity index (χ1v) is 7.36. The largest absolute Gasteiger partial charge is 0.480 e. The molecule has 1 unspecified atom stereocenters. The van der Waals surface area contributed by atoms with Gasteiger partial charge in [-0.2, -0.15) is 0 Å². The van der Waals surface area contributed by atoms with E-state index in [2.05, 4.69) is 26.6 Å².